The second-order valence-corrected chi connectivity index (χ2v) is 6.61. The minimum absolute atomic E-state index is 0.147. The third kappa shape index (κ3) is 4.35. The standard InChI is InChI=1S/C19H25N5O2/c1-3-6-14-11-18(22-13(2)21-14)23-15-8-10-24(12-17(15)25)19(26)16-7-4-5-9-20-16/h4-5,7,9,11,15,17,25H,3,6,8,10,12H2,1-2H3,(H,21,22,23)/t15-,17-/m1/s1. The van der Waals surface area contributed by atoms with Gasteiger partial charge in [-0.3, -0.25) is 9.78 Å². The zero-order valence-corrected chi connectivity index (χ0v) is 15.2. The van der Waals surface area contributed by atoms with Crippen LogP contribution in [-0.2, 0) is 6.42 Å². The van der Waals surface area contributed by atoms with E-state index in [1.807, 2.05) is 13.0 Å². The molecule has 0 aliphatic carbocycles. The average molecular weight is 355 g/mol. The molecule has 26 heavy (non-hydrogen) atoms. The predicted octanol–water partition coefficient (Wildman–Crippen LogP) is 1.82. The highest BCUT2D eigenvalue weighted by Crippen LogP contribution is 2.18. The van der Waals surface area contributed by atoms with E-state index in [2.05, 4.69) is 27.2 Å². The molecule has 1 amide bonds. The monoisotopic (exact) mass is 355 g/mol. The Bertz CT molecular complexity index is 753. The van der Waals surface area contributed by atoms with Crippen molar-refractivity contribution in [3.8, 4) is 0 Å². The van der Waals surface area contributed by atoms with Gasteiger partial charge in [0.05, 0.1) is 12.1 Å². The molecule has 2 aromatic heterocycles. The molecule has 1 fully saturated rings. The fourth-order valence-electron chi connectivity index (χ4n) is 3.21. The van der Waals surface area contributed by atoms with Crippen LogP contribution in [0.4, 0.5) is 5.82 Å². The third-order valence-corrected chi connectivity index (χ3v) is 4.48. The number of carbonyl (C=O) groups is 1. The van der Waals surface area contributed by atoms with Crippen LogP contribution in [-0.4, -0.2) is 56.1 Å². The number of piperidine rings is 1. The number of aryl methyl sites for hydroxylation is 2. The smallest absolute Gasteiger partial charge is 0.272 e. The lowest BCUT2D eigenvalue weighted by Crippen LogP contribution is -2.51. The summed E-state index contributed by atoms with van der Waals surface area (Å²) in [5.74, 6) is 1.30. The van der Waals surface area contributed by atoms with E-state index in [0.29, 0.717) is 18.7 Å². The Labute approximate surface area is 153 Å². The summed E-state index contributed by atoms with van der Waals surface area (Å²) in [7, 11) is 0. The Kier molecular flexibility index (Phi) is 5.78. The molecule has 2 atom stereocenters. The fraction of sp³-hybridized carbons (Fsp3) is 0.474. The number of hydrogen-bond donors (Lipinski definition) is 2. The predicted molar refractivity (Wildman–Crippen MR) is 98.9 cm³/mol. The normalized spacial score (nSPS) is 20.0. The van der Waals surface area contributed by atoms with Gasteiger partial charge in [0.15, 0.2) is 0 Å². The first kappa shape index (κ1) is 18.3. The number of carbonyl (C=O) groups excluding carboxylic acids is 1. The van der Waals surface area contributed by atoms with Gasteiger partial charge in [0.2, 0.25) is 0 Å². The van der Waals surface area contributed by atoms with Crippen LogP contribution in [0.5, 0.6) is 0 Å². The number of pyridine rings is 1. The largest absolute Gasteiger partial charge is 0.389 e. The number of likely N-dealkylation sites (tertiary alicyclic amines) is 1. The van der Waals surface area contributed by atoms with Gasteiger partial charge in [0.25, 0.3) is 5.91 Å². The number of aromatic nitrogens is 3. The van der Waals surface area contributed by atoms with E-state index in [-0.39, 0.29) is 18.5 Å². The van der Waals surface area contributed by atoms with E-state index in [0.717, 1.165) is 30.2 Å². The highest BCUT2D eigenvalue weighted by Gasteiger charge is 2.31. The van der Waals surface area contributed by atoms with Crippen LogP contribution in [0.25, 0.3) is 0 Å². The lowest BCUT2D eigenvalue weighted by molar-refractivity contribution is 0.0421. The van der Waals surface area contributed by atoms with E-state index in [4.69, 9.17) is 0 Å². The number of rotatable bonds is 5. The van der Waals surface area contributed by atoms with Crippen molar-refractivity contribution in [1.82, 2.24) is 19.9 Å². The summed E-state index contributed by atoms with van der Waals surface area (Å²) in [6, 6.07) is 7.05. The number of amides is 1. The highest BCUT2D eigenvalue weighted by atomic mass is 16.3. The van der Waals surface area contributed by atoms with Crippen LogP contribution >= 0.6 is 0 Å². The van der Waals surface area contributed by atoms with Gasteiger partial charge >= 0.3 is 0 Å². The van der Waals surface area contributed by atoms with E-state index in [9.17, 15) is 9.90 Å². The first-order valence-electron chi connectivity index (χ1n) is 9.06. The molecule has 0 bridgehead atoms. The minimum Gasteiger partial charge on any atom is -0.389 e. The van der Waals surface area contributed by atoms with Crippen LogP contribution in [0, 0.1) is 6.92 Å². The molecule has 138 valence electrons. The van der Waals surface area contributed by atoms with Gasteiger partial charge in [-0.2, -0.15) is 0 Å². The van der Waals surface area contributed by atoms with E-state index < -0.39 is 6.10 Å². The second-order valence-electron chi connectivity index (χ2n) is 6.61. The zero-order valence-electron chi connectivity index (χ0n) is 15.2. The molecule has 0 aromatic carbocycles. The minimum atomic E-state index is -0.665. The van der Waals surface area contributed by atoms with E-state index in [1.165, 1.54) is 0 Å². The van der Waals surface area contributed by atoms with Crippen molar-refractivity contribution in [2.24, 2.45) is 0 Å². The second kappa shape index (κ2) is 8.23. The number of anilines is 1. The van der Waals surface area contributed by atoms with Crippen molar-refractivity contribution in [2.45, 2.75) is 45.3 Å². The van der Waals surface area contributed by atoms with E-state index in [1.54, 1.807) is 29.3 Å². The van der Waals surface area contributed by atoms with Gasteiger partial charge in [-0.15, -0.1) is 0 Å². The summed E-state index contributed by atoms with van der Waals surface area (Å²) < 4.78 is 0. The maximum atomic E-state index is 12.5. The summed E-state index contributed by atoms with van der Waals surface area (Å²) in [5.41, 5.74) is 1.40. The van der Waals surface area contributed by atoms with Gasteiger partial charge in [0.1, 0.15) is 17.3 Å². The molecule has 0 saturated carbocycles. The number of aliphatic hydroxyl groups excluding tert-OH is 1. The Morgan fingerprint density at radius 3 is 2.92 bits per heavy atom. The molecular formula is C19H25N5O2. The molecule has 7 heteroatoms. The molecule has 1 aliphatic heterocycles. The number of aliphatic hydroxyl groups is 1. The lowest BCUT2D eigenvalue weighted by Gasteiger charge is -2.36. The number of hydrogen-bond acceptors (Lipinski definition) is 6. The molecule has 1 aliphatic rings. The van der Waals surface area contributed by atoms with Crippen LogP contribution in [0.1, 0.15) is 41.8 Å². The molecular weight excluding hydrogens is 330 g/mol. The van der Waals surface area contributed by atoms with Gasteiger partial charge in [0, 0.05) is 31.0 Å². The van der Waals surface area contributed by atoms with Crippen molar-refractivity contribution < 1.29 is 9.90 Å². The molecule has 2 N–H and O–H groups in total. The number of β-amino-alcohol motifs (C(OH)–C–C–N with tert-alkyl or cyclic N) is 1. The first-order valence-corrected chi connectivity index (χ1v) is 9.06. The Morgan fingerprint density at radius 2 is 2.23 bits per heavy atom. The quantitative estimate of drug-likeness (QED) is 0.850. The summed E-state index contributed by atoms with van der Waals surface area (Å²) >= 11 is 0. The van der Waals surface area contributed by atoms with Crippen molar-refractivity contribution >= 4 is 11.7 Å². The molecule has 1 saturated heterocycles. The molecule has 0 unspecified atom stereocenters. The van der Waals surface area contributed by atoms with Crippen LogP contribution in [0.15, 0.2) is 30.5 Å². The van der Waals surface area contributed by atoms with Crippen molar-refractivity contribution in [2.75, 3.05) is 18.4 Å². The Morgan fingerprint density at radius 1 is 1.38 bits per heavy atom. The van der Waals surface area contributed by atoms with Gasteiger partial charge < -0.3 is 15.3 Å². The Balaban J connectivity index is 1.63. The zero-order chi connectivity index (χ0) is 18.5. The summed E-state index contributed by atoms with van der Waals surface area (Å²) in [6.07, 6.45) is 3.50. The van der Waals surface area contributed by atoms with Gasteiger partial charge in [-0.05, 0) is 31.9 Å². The highest BCUT2D eigenvalue weighted by molar-refractivity contribution is 5.92. The fourth-order valence-corrected chi connectivity index (χ4v) is 3.21. The first-order chi connectivity index (χ1) is 12.6. The molecule has 0 radical (unpaired) electrons. The molecule has 3 heterocycles. The van der Waals surface area contributed by atoms with Crippen molar-refractivity contribution in [3.63, 3.8) is 0 Å². The number of nitrogens with one attached hydrogen (secondary N) is 1. The topological polar surface area (TPSA) is 91.2 Å². The molecule has 3 rings (SSSR count). The molecule has 2 aromatic rings. The van der Waals surface area contributed by atoms with E-state index >= 15 is 0 Å². The van der Waals surface area contributed by atoms with Crippen LogP contribution in [0.2, 0.25) is 0 Å². The number of nitrogens with zero attached hydrogens (tertiary/aromatic N) is 4. The van der Waals surface area contributed by atoms with Crippen LogP contribution in [0.3, 0.4) is 0 Å². The Hall–Kier alpha value is -2.54. The third-order valence-electron chi connectivity index (χ3n) is 4.48. The molecule has 7 nitrogen and oxygen atoms in total. The SMILES string of the molecule is CCCc1cc(N[C@@H]2CCN(C(=O)c3ccccn3)C[C@H]2O)nc(C)n1. The summed E-state index contributed by atoms with van der Waals surface area (Å²) in [5, 5.41) is 13.8. The van der Waals surface area contributed by atoms with Crippen molar-refractivity contribution in [3.05, 3.63) is 47.7 Å². The van der Waals surface area contributed by atoms with Gasteiger partial charge in [-0.25, -0.2) is 9.97 Å². The summed E-state index contributed by atoms with van der Waals surface area (Å²) in [6.45, 7) is 4.83. The van der Waals surface area contributed by atoms with Crippen LogP contribution < -0.4 is 5.32 Å². The molecule has 0 spiro atoms. The van der Waals surface area contributed by atoms with Gasteiger partial charge in [-0.1, -0.05) is 19.4 Å². The average Bonchev–Trinajstić information content (AvgIpc) is 2.63. The lowest BCUT2D eigenvalue weighted by atomic mass is 10.0. The summed E-state index contributed by atoms with van der Waals surface area (Å²) in [4.78, 5) is 27.1. The van der Waals surface area contributed by atoms with Crippen molar-refractivity contribution in [1.29, 1.82) is 0 Å². The maximum absolute atomic E-state index is 12.5. The maximum Gasteiger partial charge on any atom is 0.272 e.